The van der Waals surface area contributed by atoms with Crippen LogP contribution in [0, 0.1) is 17.6 Å². The zero-order valence-corrected chi connectivity index (χ0v) is 21.0. The van der Waals surface area contributed by atoms with Gasteiger partial charge in [0.25, 0.3) is 5.91 Å². The van der Waals surface area contributed by atoms with Crippen LogP contribution in [0.5, 0.6) is 0 Å². The maximum Gasteiger partial charge on any atom is 0.416 e. The Morgan fingerprint density at radius 1 is 0.949 bits per heavy atom. The molecule has 2 heterocycles. The van der Waals surface area contributed by atoms with Crippen molar-refractivity contribution in [1.29, 1.82) is 0 Å². The van der Waals surface area contributed by atoms with Crippen LogP contribution in [0.4, 0.5) is 34.6 Å². The molecule has 1 saturated heterocycles. The van der Waals surface area contributed by atoms with E-state index in [1.54, 1.807) is 0 Å². The van der Waals surface area contributed by atoms with Crippen LogP contribution in [0.2, 0.25) is 0 Å². The van der Waals surface area contributed by atoms with E-state index in [4.69, 9.17) is 4.99 Å². The Labute approximate surface area is 222 Å². The summed E-state index contributed by atoms with van der Waals surface area (Å²) in [5, 5.41) is 2.50. The van der Waals surface area contributed by atoms with E-state index < -0.39 is 35.9 Å². The summed E-state index contributed by atoms with van der Waals surface area (Å²) in [6, 6.07) is 15.6. The highest BCUT2D eigenvalue weighted by atomic mass is 19.4. The van der Waals surface area contributed by atoms with Gasteiger partial charge in [-0.25, -0.2) is 9.38 Å². The lowest BCUT2D eigenvalue weighted by molar-refractivity contribution is -0.137. The molecular formula is C28H25F4N5O2. The Balaban J connectivity index is 1.57. The average Bonchev–Trinajstić information content (AvgIpc) is 2.92. The maximum absolute atomic E-state index is 14.3. The molecule has 3 aromatic carbocycles. The van der Waals surface area contributed by atoms with Crippen molar-refractivity contribution in [2.75, 3.05) is 36.0 Å². The van der Waals surface area contributed by atoms with E-state index in [-0.39, 0.29) is 11.3 Å². The second-order valence-electron chi connectivity index (χ2n) is 9.55. The van der Waals surface area contributed by atoms with Crippen molar-refractivity contribution < 1.29 is 22.4 Å². The van der Waals surface area contributed by atoms with Crippen LogP contribution >= 0.6 is 0 Å². The third-order valence-corrected chi connectivity index (χ3v) is 6.95. The van der Waals surface area contributed by atoms with Gasteiger partial charge >= 0.3 is 6.18 Å². The van der Waals surface area contributed by atoms with E-state index >= 15 is 0 Å². The Kier molecular flexibility index (Phi) is 7.07. The van der Waals surface area contributed by atoms with E-state index in [2.05, 4.69) is 16.1 Å². The molecule has 0 aliphatic carbocycles. The van der Waals surface area contributed by atoms with Crippen molar-refractivity contribution >= 4 is 28.9 Å². The standard InChI is InChI=1S/C28H25F4N5O2/c1-18-4-2-6-21(14-18)35-10-12-36(13-11-35)27-33-24-9-8-20(29)16-23(24)25(17-26(38)34-39)37(27)22-7-3-5-19(15-22)28(30,31)32/h2-9,14-16,25H,10-13,17H2,1H3. The molecule has 202 valence electrons. The molecule has 2 aliphatic heterocycles. The van der Waals surface area contributed by atoms with Crippen molar-refractivity contribution in [3.05, 3.63) is 94.1 Å². The molecule has 0 bridgehead atoms. The summed E-state index contributed by atoms with van der Waals surface area (Å²) in [5.74, 6) is -1.28. The van der Waals surface area contributed by atoms with Gasteiger partial charge in [-0.1, -0.05) is 18.2 Å². The lowest BCUT2D eigenvalue weighted by Crippen LogP contribution is -2.55. The van der Waals surface area contributed by atoms with Gasteiger partial charge < -0.3 is 14.7 Å². The first-order valence-corrected chi connectivity index (χ1v) is 12.4. The Morgan fingerprint density at radius 3 is 2.33 bits per heavy atom. The molecular weight excluding hydrogens is 514 g/mol. The molecule has 2 aliphatic rings. The number of aryl methyl sites for hydroxylation is 1. The summed E-state index contributed by atoms with van der Waals surface area (Å²) < 4.78 is 55.3. The van der Waals surface area contributed by atoms with Crippen LogP contribution in [-0.4, -0.2) is 42.9 Å². The van der Waals surface area contributed by atoms with Crippen molar-refractivity contribution in [2.45, 2.75) is 25.6 Å². The molecule has 5 rings (SSSR count). The predicted molar refractivity (Wildman–Crippen MR) is 141 cm³/mol. The first-order valence-electron chi connectivity index (χ1n) is 12.4. The topological polar surface area (TPSA) is 68.6 Å². The van der Waals surface area contributed by atoms with Crippen molar-refractivity contribution in [2.24, 2.45) is 10.2 Å². The first kappa shape index (κ1) is 26.3. The van der Waals surface area contributed by atoms with Crippen LogP contribution in [0.1, 0.15) is 29.2 Å². The molecule has 7 nitrogen and oxygen atoms in total. The number of benzene rings is 3. The molecule has 0 radical (unpaired) electrons. The number of halogens is 4. The minimum atomic E-state index is -4.61. The van der Waals surface area contributed by atoms with E-state index in [1.165, 1.54) is 35.2 Å². The second kappa shape index (κ2) is 10.5. The number of carbonyl (C=O) groups is 1. The van der Waals surface area contributed by atoms with Crippen molar-refractivity contribution in [1.82, 2.24) is 4.90 Å². The highest BCUT2D eigenvalue weighted by Crippen LogP contribution is 2.42. The summed E-state index contributed by atoms with van der Waals surface area (Å²) in [7, 11) is 0. The quantitative estimate of drug-likeness (QED) is 0.292. The second-order valence-corrected chi connectivity index (χ2v) is 9.55. The average molecular weight is 540 g/mol. The normalized spacial score (nSPS) is 17.5. The molecule has 39 heavy (non-hydrogen) atoms. The van der Waals surface area contributed by atoms with Gasteiger partial charge in [0.05, 0.1) is 23.7 Å². The third-order valence-electron chi connectivity index (χ3n) is 6.95. The summed E-state index contributed by atoms with van der Waals surface area (Å²) in [6.45, 7) is 4.24. The molecule has 1 fully saturated rings. The zero-order valence-electron chi connectivity index (χ0n) is 21.0. The largest absolute Gasteiger partial charge is 0.416 e. The molecule has 11 heteroatoms. The zero-order chi connectivity index (χ0) is 27.7. The molecule has 1 amide bonds. The molecule has 1 unspecified atom stereocenters. The number of rotatable bonds is 4. The van der Waals surface area contributed by atoms with Crippen molar-refractivity contribution in [3.63, 3.8) is 0 Å². The number of hydrogen-bond donors (Lipinski definition) is 0. The minimum Gasteiger partial charge on any atom is -0.368 e. The fraction of sp³-hybridized carbons (Fsp3) is 0.286. The van der Waals surface area contributed by atoms with Crippen molar-refractivity contribution in [3.8, 4) is 0 Å². The summed E-state index contributed by atoms with van der Waals surface area (Å²) in [5.41, 5.74) is 2.08. The monoisotopic (exact) mass is 539 g/mol. The van der Waals surface area contributed by atoms with Gasteiger partial charge in [0.15, 0.2) is 0 Å². The summed E-state index contributed by atoms with van der Waals surface area (Å²) in [6.07, 6.45) is -5.07. The number of aliphatic imine (C=N–C) groups is 1. The van der Waals surface area contributed by atoms with E-state index in [1.807, 2.05) is 30.0 Å². The van der Waals surface area contributed by atoms with Gasteiger partial charge in [-0.2, -0.15) is 13.2 Å². The molecule has 0 spiro atoms. The van der Waals surface area contributed by atoms with Crippen LogP contribution in [0.15, 0.2) is 76.9 Å². The van der Waals surface area contributed by atoms with Gasteiger partial charge in [-0.15, -0.1) is 4.91 Å². The molecule has 0 saturated carbocycles. The number of nitrogens with zero attached hydrogens (tertiary/aromatic N) is 5. The SMILES string of the molecule is Cc1cccc(N2CCN(C3=Nc4ccc(F)cc4C(CC(=O)N=O)N3c3cccc(C(F)(F)F)c3)CC2)c1. The predicted octanol–water partition coefficient (Wildman–Crippen LogP) is 6.21. The Hall–Kier alpha value is -4.28. The van der Waals surface area contributed by atoms with E-state index in [0.29, 0.717) is 37.8 Å². The Bertz CT molecular complexity index is 1430. The number of guanidine groups is 1. The molecule has 3 aromatic rings. The highest BCUT2D eigenvalue weighted by molar-refractivity contribution is 6.01. The number of nitroso groups, excluding NO2 is 1. The number of amides is 1. The smallest absolute Gasteiger partial charge is 0.368 e. The van der Waals surface area contributed by atoms with Gasteiger partial charge in [-0.05, 0) is 61.0 Å². The number of carbonyl (C=O) groups excluding carboxylic acids is 1. The number of anilines is 2. The molecule has 1 atom stereocenters. The van der Waals surface area contributed by atoms with Crippen LogP contribution in [0.25, 0.3) is 0 Å². The lowest BCUT2D eigenvalue weighted by Gasteiger charge is -2.45. The van der Waals surface area contributed by atoms with Gasteiger partial charge in [0.1, 0.15) is 5.82 Å². The number of piperazine rings is 1. The van der Waals surface area contributed by atoms with Gasteiger partial charge in [-0.3, -0.25) is 4.79 Å². The molecule has 0 aromatic heterocycles. The number of fused-ring (bicyclic) bond motifs is 1. The summed E-state index contributed by atoms with van der Waals surface area (Å²) >= 11 is 0. The lowest BCUT2D eigenvalue weighted by atomic mass is 9.96. The first-order chi connectivity index (χ1) is 18.6. The minimum absolute atomic E-state index is 0.114. The van der Waals surface area contributed by atoms with Crippen LogP contribution in [-0.2, 0) is 11.0 Å². The van der Waals surface area contributed by atoms with Crippen LogP contribution in [0.3, 0.4) is 0 Å². The Morgan fingerprint density at radius 2 is 1.64 bits per heavy atom. The maximum atomic E-state index is 14.3. The fourth-order valence-corrected chi connectivity index (χ4v) is 5.08. The number of alkyl halides is 3. The highest BCUT2D eigenvalue weighted by Gasteiger charge is 2.38. The van der Waals surface area contributed by atoms with E-state index in [0.717, 1.165) is 23.4 Å². The van der Waals surface area contributed by atoms with E-state index in [9.17, 15) is 27.3 Å². The van der Waals surface area contributed by atoms with Crippen LogP contribution < -0.4 is 9.80 Å². The molecule has 0 N–H and O–H groups in total. The summed E-state index contributed by atoms with van der Waals surface area (Å²) in [4.78, 5) is 33.7. The fourth-order valence-electron chi connectivity index (χ4n) is 5.08. The van der Waals surface area contributed by atoms with Gasteiger partial charge in [0.2, 0.25) is 5.96 Å². The van der Waals surface area contributed by atoms with Gasteiger partial charge in [0, 0.05) is 48.3 Å². The number of hydrogen-bond acceptors (Lipinski definition) is 6. The third kappa shape index (κ3) is 5.47.